The maximum Gasteiger partial charge on any atom is 0.0990 e. The monoisotopic (exact) mass is 554 g/mol. The van der Waals surface area contributed by atoms with Gasteiger partial charge in [0.05, 0.1) is 17.7 Å². The van der Waals surface area contributed by atoms with Gasteiger partial charge in [-0.05, 0) is 77.0 Å². The summed E-state index contributed by atoms with van der Waals surface area (Å²) in [5, 5.41) is 0. The van der Waals surface area contributed by atoms with Crippen LogP contribution < -0.4 is 0 Å². The smallest absolute Gasteiger partial charge is 0.0990 e. The number of hydrogen-bond acceptors (Lipinski definition) is 7. The first kappa shape index (κ1) is 32.6. The maximum absolute atomic E-state index is 6.31. The standard InChI is InChI=1S/C17H28N2O2.C16H26N2O/c1-14(2)16-6-5-15(13-18-16)17(7-10-20-11-8-17)21-12-9-19(3)4;1-5-13(2)15-7-6-14(12-17-15)16(18(3)4)8-10-19-11-9-16/h5-6,13-14H,7-12H2,1-4H3;6-7,12-13H,5,8-11H2,1-4H3. The summed E-state index contributed by atoms with van der Waals surface area (Å²) >= 11 is 0. The normalized spacial score (nSPS) is 19.4. The van der Waals surface area contributed by atoms with E-state index in [1.807, 2.05) is 6.20 Å². The van der Waals surface area contributed by atoms with Crippen LogP contribution in [0, 0.1) is 0 Å². The Morgan fingerprint density at radius 3 is 1.82 bits per heavy atom. The number of ether oxygens (including phenoxy) is 3. The molecule has 7 heteroatoms. The molecule has 1 unspecified atom stereocenters. The quantitative estimate of drug-likeness (QED) is 0.360. The van der Waals surface area contributed by atoms with E-state index in [4.69, 9.17) is 14.2 Å². The molecule has 2 aliphatic rings. The van der Waals surface area contributed by atoms with Crippen molar-refractivity contribution in [3.05, 3.63) is 59.2 Å². The Hall–Kier alpha value is -1.90. The molecule has 0 bridgehead atoms. The van der Waals surface area contributed by atoms with Gasteiger partial charge in [-0.25, -0.2) is 0 Å². The van der Waals surface area contributed by atoms with Gasteiger partial charge in [-0.15, -0.1) is 0 Å². The molecular formula is C33H54N4O3. The van der Waals surface area contributed by atoms with E-state index in [0.29, 0.717) is 11.8 Å². The SMILES string of the molecule is CC(C)c1ccc(C2(OCCN(C)C)CCOCC2)cn1.CCC(C)c1ccc(C2(N(C)C)CCOCC2)cn1. The summed E-state index contributed by atoms with van der Waals surface area (Å²) in [7, 11) is 8.46. The molecule has 0 radical (unpaired) electrons. The Kier molecular flexibility index (Phi) is 12.5. The molecule has 2 saturated heterocycles. The lowest BCUT2D eigenvalue weighted by Crippen LogP contribution is -2.45. The predicted molar refractivity (Wildman–Crippen MR) is 163 cm³/mol. The zero-order chi connectivity index (χ0) is 29.2. The van der Waals surface area contributed by atoms with Crippen LogP contribution in [0.4, 0.5) is 0 Å². The highest BCUT2D eigenvalue weighted by Crippen LogP contribution is 2.37. The molecule has 0 N–H and O–H groups in total. The second-order valence-electron chi connectivity index (χ2n) is 12.2. The van der Waals surface area contributed by atoms with Crippen LogP contribution in [-0.2, 0) is 25.4 Å². The van der Waals surface area contributed by atoms with Gasteiger partial charge in [0.2, 0.25) is 0 Å². The summed E-state index contributed by atoms with van der Waals surface area (Å²) in [6.45, 7) is 13.6. The molecule has 4 rings (SSSR count). The van der Waals surface area contributed by atoms with Crippen molar-refractivity contribution in [1.29, 1.82) is 0 Å². The van der Waals surface area contributed by atoms with Gasteiger partial charge < -0.3 is 19.1 Å². The van der Waals surface area contributed by atoms with Crippen LogP contribution in [0.3, 0.4) is 0 Å². The lowest BCUT2D eigenvalue weighted by molar-refractivity contribution is -0.118. The highest BCUT2D eigenvalue weighted by Gasteiger charge is 2.37. The molecule has 0 aliphatic carbocycles. The molecule has 0 amide bonds. The van der Waals surface area contributed by atoms with Crippen LogP contribution in [-0.4, -0.2) is 87.5 Å². The van der Waals surface area contributed by atoms with E-state index < -0.39 is 0 Å². The summed E-state index contributed by atoms with van der Waals surface area (Å²) in [5.74, 6) is 0.999. The van der Waals surface area contributed by atoms with Crippen molar-refractivity contribution in [3.63, 3.8) is 0 Å². The molecule has 0 aromatic carbocycles. The third kappa shape index (κ3) is 8.32. The summed E-state index contributed by atoms with van der Waals surface area (Å²) in [6, 6.07) is 8.78. The first-order chi connectivity index (χ1) is 19.1. The summed E-state index contributed by atoms with van der Waals surface area (Å²) in [5.41, 5.74) is 4.72. The van der Waals surface area contributed by atoms with Crippen molar-refractivity contribution < 1.29 is 14.2 Å². The minimum atomic E-state index is -0.225. The van der Waals surface area contributed by atoms with Crippen molar-refractivity contribution in [2.75, 3.05) is 67.8 Å². The Morgan fingerprint density at radius 2 is 1.35 bits per heavy atom. The number of aromatic nitrogens is 2. The van der Waals surface area contributed by atoms with Crippen molar-refractivity contribution in [3.8, 4) is 0 Å². The number of hydrogen-bond donors (Lipinski definition) is 0. The molecule has 224 valence electrons. The van der Waals surface area contributed by atoms with E-state index in [0.717, 1.165) is 77.4 Å². The largest absolute Gasteiger partial charge is 0.381 e. The fourth-order valence-electron chi connectivity index (χ4n) is 5.54. The van der Waals surface area contributed by atoms with Gasteiger partial charge in [0, 0.05) is 75.2 Å². The van der Waals surface area contributed by atoms with E-state index in [2.05, 4.69) is 106 Å². The fraction of sp³-hybridized carbons (Fsp3) is 0.697. The number of nitrogens with zero attached hydrogens (tertiary/aromatic N) is 4. The van der Waals surface area contributed by atoms with Gasteiger partial charge in [-0.3, -0.25) is 14.9 Å². The summed E-state index contributed by atoms with van der Waals surface area (Å²) in [6.07, 6.45) is 9.11. The van der Waals surface area contributed by atoms with E-state index in [1.54, 1.807) is 0 Å². The molecule has 2 aliphatic heterocycles. The Balaban J connectivity index is 0.000000222. The van der Waals surface area contributed by atoms with Crippen LogP contribution >= 0.6 is 0 Å². The molecule has 0 saturated carbocycles. The fourth-order valence-corrected chi connectivity index (χ4v) is 5.54. The first-order valence-electron chi connectivity index (χ1n) is 15.2. The second kappa shape index (κ2) is 15.4. The average molecular weight is 555 g/mol. The van der Waals surface area contributed by atoms with Crippen LogP contribution in [0.2, 0.25) is 0 Å². The highest BCUT2D eigenvalue weighted by atomic mass is 16.5. The zero-order valence-electron chi connectivity index (χ0n) is 26.4. The van der Waals surface area contributed by atoms with Crippen molar-refractivity contribution in [1.82, 2.24) is 19.8 Å². The van der Waals surface area contributed by atoms with Crippen LogP contribution in [0.5, 0.6) is 0 Å². The zero-order valence-corrected chi connectivity index (χ0v) is 26.4. The topological polar surface area (TPSA) is 60.0 Å². The lowest BCUT2D eigenvalue weighted by Gasteiger charge is -2.43. The number of pyridine rings is 2. The molecule has 1 atom stereocenters. The molecular weight excluding hydrogens is 500 g/mol. The Morgan fingerprint density at radius 1 is 0.800 bits per heavy atom. The lowest BCUT2D eigenvalue weighted by atomic mass is 9.82. The van der Waals surface area contributed by atoms with Gasteiger partial charge >= 0.3 is 0 Å². The van der Waals surface area contributed by atoms with Gasteiger partial charge in [0.1, 0.15) is 0 Å². The van der Waals surface area contributed by atoms with E-state index in [9.17, 15) is 0 Å². The van der Waals surface area contributed by atoms with Gasteiger partial charge in [-0.2, -0.15) is 0 Å². The van der Waals surface area contributed by atoms with Crippen molar-refractivity contribution in [2.45, 2.75) is 82.8 Å². The molecule has 0 spiro atoms. The molecule has 7 nitrogen and oxygen atoms in total. The molecule has 2 fully saturated rings. The van der Waals surface area contributed by atoms with Crippen molar-refractivity contribution in [2.24, 2.45) is 0 Å². The Labute approximate surface area is 243 Å². The average Bonchev–Trinajstić information content (AvgIpc) is 2.98. The first-order valence-corrected chi connectivity index (χ1v) is 15.2. The second-order valence-corrected chi connectivity index (χ2v) is 12.2. The highest BCUT2D eigenvalue weighted by molar-refractivity contribution is 5.25. The van der Waals surface area contributed by atoms with Crippen LogP contribution in [0.1, 0.15) is 94.1 Å². The summed E-state index contributed by atoms with van der Waals surface area (Å²) in [4.78, 5) is 13.8. The molecule has 4 heterocycles. The number of likely N-dealkylation sites (N-methyl/N-ethyl adjacent to an activating group) is 1. The van der Waals surface area contributed by atoms with Gasteiger partial charge in [-0.1, -0.05) is 39.8 Å². The molecule has 2 aromatic heterocycles. The number of rotatable bonds is 10. The molecule has 40 heavy (non-hydrogen) atoms. The Bertz CT molecular complexity index is 980. The predicted octanol–water partition coefficient (Wildman–Crippen LogP) is 5.95. The van der Waals surface area contributed by atoms with Crippen LogP contribution in [0.15, 0.2) is 36.7 Å². The maximum atomic E-state index is 6.31. The van der Waals surface area contributed by atoms with Crippen molar-refractivity contribution >= 4 is 0 Å². The minimum Gasteiger partial charge on any atom is -0.381 e. The van der Waals surface area contributed by atoms with Crippen LogP contribution in [0.25, 0.3) is 0 Å². The third-order valence-electron chi connectivity index (χ3n) is 8.74. The molecule has 2 aromatic rings. The van der Waals surface area contributed by atoms with E-state index in [-0.39, 0.29) is 11.1 Å². The van der Waals surface area contributed by atoms with E-state index >= 15 is 0 Å². The summed E-state index contributed by atoms with van der Waals surface area (Å²) < 4.78 is 17.4. The third-order valence-corrected chi connectivity index (χ3v) is 8.74. The van der Waals surface area contributed by atoms with Gasteiger partial charge in [0.15, 0.2) is 0 Å². The van der Waals surface area contributed by atoms with E-state index in [1.165, 1.54) is 16.8 Å². The minimum absolute atomic E-state index is 0.0965. The van der Waals surface area contributed by atoms with Gasteiger partial charge in [0.25, 0.3) is 0 Å².